The summed E-state index contributed by atoms with van der Waals surface area (Å²) in [7, 11) is 0. The Morgan fingerprint density at radius 3 is 2.95 bits per heavy atom. The van der Waals surface area contributed by atoms with Crippen molar-refractivity contribution < 1.29 is 0 Å². The fourth-order valence-corrected chi connectivity index (χ4v) is 2.85. The first kappa shape index (κ1) is 14.5. The molecule has 1 aliphatic rings. The van der Waals surface area contributed by atoms with Crippen molar-refractivity contribution in [1.82, 2.24) is 15.2 Å². The Morgan fingerprint density at radius 1 is 1.37 bits per heavy atom. The van der Waals surface area contributed by atoms with Gasteiger partial charge >= 0.3 is 0 Å². The van der Waals surface area contributed by atoms with Crippen LogP contribution in [-0.4, -0.2) is 29.5 Å². The third kappa shape index (κ3) is 4.59. The van der Waals surface area contributed by atoms with Crippen molar-refractivity contribution in [3.63, 3.8) is 0 Å². The molecule has 1 fully saturated rings. The van der Waals surface area contributed by atoms with Crippen LogP contribution >= 0.6 is 0 Å². The first-order valence-electron chi connectivity index (χ1n) is 7.68. The minimum absolute atomic E-state index is 0.915. The third-order valence-corrected chi connectivity index (χ3v) is 3.92. The molecule has 1 atom stereocenters. The standard InChI is InChI=1S/C16H27N3/c1-3-5-14-8-9-19(12-14)13-16-7-6-15(11-18-16)10-17-4-2/h6-7,11,14,17H,3-5,8-10,12-13H2,1-2H3. The fraction of sp³-hybridized carbons (Fsp3) is 0.688. The molecule has 1 aromatic heterocycles. The molecule has 0 saturated carbocycles. The number of likely N-dealkylation sites (tertiary alicyclic amines) is 1. The molecule has 1 aromatic rings. The Morgan fingerprint density at radius 2 is 2.26 bits per heavy atom. The lowest BCUT2D eigenvalue weighted by molar-refractivity contribution is 0.309. The molecule has 0 amide bonds. The Labute approximate surface area is 117 Å². The van der Waals surface area contributed by atoms with Gasteiger partial charge in [0.15, 0.2) is 0 Å². The predicted octanol–water partition coefficient (Wildman–Crippen LogP) is 2.81. The van der Waals surface area contributed by atoms with Crippen molar-refractivity contribution in [2.24, 2.45) is 5.92 Å². The SMILES string of the molecule is CCCC1CCN(Cc2ccc(CNCC)cn2)C1. The quantitative estimate of drug-likeness (QED) is 0.818. The maximum Gasteiger partial charge on any atom is 0.0544 e. The van der Waals surface area contributed by atoms with E-state index in [4.69, 9.17) is 0 Å². The molecule has 3 heteroatoms. The minimum Gasteiger partial charge on any atom is -0.313 e. The zero-order valence-electron chi connectivity index (χ0n) is 12.4. The number of aromatic nitrogens is 1. The van der Waals surface area contributed by atoms with Gasteiger partial charge in [-0.15, -0.1) is 0 Å². The van der Waals surface area contributed by atoms with Crippen LogP contribution in [0.3, 0.4) is 0 Å². The van der Waals surface area contributed by atoms with Gasteiger partial charge in [0.25, 0.3) is 0 Å². The maximum absolute atomic E-state index is 4.58. The molecule has 1 N–H and O–H groups in total. The average molecular weight is 261 g/mol. The van der Waals surface area contributed by atoms with E-state index in [9.17, 15) is 0 Å². The molecule has 0 radical (unpaired) electrons. The summed E-state index contributed by atoms with van der Waals surface area (Å²) in [5.41, 5.74) is 2.48. The zero-order chi connectivity index (χ0) is 13.5. The summed E-state index contributed by atoms with van der Waals surface area (Å²) in [5.74, 6) is 0.915. The lowest BCUT2D eigenvalue weighted by atomic mass is 10.0. The van der Waals surface area contributed by atoms with Gasteiger partial charge in [-0.3, -0.25) is 9.88 Å². The molecule has 2 rings (SSSR count). The summed E-state index contributed by atoms with van der Waals surface area (Å²) in [4.78, 5) is 7.13. The van der Waals surface area contributed by atoms with Crippen molar-refractivity contribution in [3.05, 3.63) is 29.6 Å². The van der Waals surface area contributed by atoms with Gasteiger partial charge in [-0.1, -0.05) is 26.3 Å². The third-order valence-electron chi connectivity index (χ3n) is 3.92. The monoisotopic (exact) mass is 261 g/mol. The Kier molecular flexibility index (Phi) is 5.80. The van der Waals surface area contributed by atoms with E-state index in [1.807, 2.05) is 6.20 Å². The lowest BCUT2D eigenvalue weighted by Crippen LogP contribution is -2.21. The number of pyridine rings is 1. The van der Waals surface area contributed by atoms with E-state index in [1.165, 1.54) is 43.6 Å². The van der Waals surface area contributed by atoms with Crippen molar-refractivity contribution in [2.45, 2.75) is 46.2 Å². The molecule has 106 valence electrons. The van der Waals surface area contributed by atoms with Crippen molar-refractivity contribution >= 4 is 0 Å². The summed E-state index contributed by atoms with van der Waals surface area (Å²) in [6, 6.07) is 4.38. The highest BCUT2D eigenvalue weighted by Gasteiger charge is 2.21. The van der Waals surface area contributed by atoms with Crippen LogP contribution in [0.25, 0.3) is 0 Å². The second-order valence-electron chi connectivity index (χ2n) is 5.62. The Hall–Kier alpha value is -0.930. The summed E-state index contributed by atoms with van der Waals surface area (Å²) >= 11 is 0. The average Bonchev–Trinajstić information content (AvgIpc) is 2.86. The van der Waals surface area contributed by atoms with Gasteiger partial charge in [0.05, 0.1) is 5.69 Å². The van der Waals surface area contributed by atoms with Crippen molar-refractivity contribution in [1.29, 1.82) is 0 Å². The van der Waals surface area contributed by atoms with Gasteiger partial charge in [-0.25, -0.2) is 0 Å². The van der Waals surface area contributed by atoms with Crippen molar-refractivity contribution in [3.8, 4) is 0 Å². The Balaban J connectivity index is 1.80. The van der Waals surface area contributed by atoms with E-state index in [0.717, 1.165) is 25.6 Å². The molecule has 0 spiro atoms. The molecular formula is C16H27N3. The molecule has 19 heavy (non-hydrogen) atoms. The van der Waals surface area contributed by atoms with E-state index in [1.54, 1.807) is 0 Å². The molecule has 0 aromatic carbocycles. The van der Waals surface area contributed by atoms with E-state index >= 15 is 0 Å². The number of hydrogen-bond acceptors (Lipinski definition) is 3. The van der Waals surface area contributed by atoms with Crippen LogP contribution < -0.4 is 5.32 Å². The van der Waals surface area contributed by atoms with E-state index in [2.05, 4.69) is 41.2 Å². The molecule has 2 heterocycles. The minimum atomic E-state index is 0.915. The number of rotatable bonds is 7. The molecule has 1 aliphatic heterocycles. The first-order chi connectivity index (χ1) is 9.31. The second-order valence-corrected chi connectivity index (χ2v) is 5.62. The van der Waals surface area contributed by atoms with Crippen LogP contribution in [0.1, 0.15) is 44.4 Å². The lowest BCUT2D eigenvalue weighted by Gasteiger charge is -2.15. The summed E-state index contributed by atoms with van der Waals surface area (Å²) in [6.07, 6.45) is 6.07. The molecule has 1 unspecified atom stereocenters. The molecular weight excluding hydrogens is 234 g/mol. The van der Waals surface area contributed by atoms with E-state index < -0.39 is 0 Å². The molecule has 0 bridgehead atoms. The maximum atomic E-state index is 4.58. The summed E-state index contributed by atoms with van der Waals surface area (Å²) in [5, 5.41) is 3.33. The zero-order valence-corrected chi connectivity index (χ0v) is 12.4. The largest absolute Gasteiger partial charge is 0.313 e. The number of nitrogens with zero attached hydrogens (tertiary/aromatic N) is 2. The first-order valence-corrected chi connectivity index (χ1v) is 7.68. The highest BCUT2D eigenvalue weighted by atomic mass is 15.1. The van der Waals surface area contributed by atoms with Crippen LogP contribution in [0.5, 0.6) is 0 Å². The molecule has 3 nitrogen and oxygen atoms in total. The van der Waals surface area contributed by atoms with Gasteiger partial charge in [0.1, 0.15) is 0 Å². The predicted molar refractivity (Wildman–Crippen MR) is 79.9 cm³/mol. The van der Waals surface area contributed by atoms with Crippen LogP contribution in [0.4, 0.5) is 0 Å². The molecule has 1 saturated heterocycles. The summed E-state index contributed by atoms with van der Waals surface area (Å²) < 4.78 is 0. The Bertz CT molecular complexity index is 361. The van der Waals surface area contributed by atoms with Crippen LogP contribution in [-0.2, 0) is 13.1 Å². The highest BCUT2D eigenvalue weighted by Crippen LogP contribution is 2.22. The van der Waals surface area contributed by atoms with Crippen LogP contribution in [0.15, 0.2) is 18.3 Å². The topological polar surface area (TPSA) is 28.2 Å². The van der Waals surface area contributed by atoms with Crippen molar-refractivity contribution in [2.75, 3.05) is 19.6 Å². The van der Waals surface area contributed by atoms with Gasteiger partial charge in [-0.05, 0) is 43.5 Å². The number of nitrogens with one attached hydrogen (secondary N) is 1. The van der Waals surface area contributed by atoms with Gasteiger partial charge in [0.2, 0.25) is 0 Å². The fourth-order valence-electron chi connectivity index (χ4n) is 2.85. The second kappa shape index (κ2) is 7.61. The van der Waals surface area contributed by atoms with Crippen LogP contribution in [0, 0.1) is 5.92 Å². The number of hydrogen-bond donors (Lipinski definition) is 1. The smallest absolute Gasteiger partial charge is 0.0544 e. The highest BCUT2D eigenvalue weighted by molar-refractivity contribution is 5.14. The van der Waals surface area contributed by atoms with Gasteiger partial charge in [0, 0.05) is 25.8 Å². The van der Waals surface area contributed by atoms with Gasteiger partial charge in [-0.2, -0.15) is 0 Å². The normalized spacial score (nSPS) is 20.0. The van der Waals surface area contributed by atoms with Crippen LogP contribution in [0.2, 0.25) is 0 Å². The molecule has 0 aliphatic carbocycles. The van der Waals surface area contributed by atoms with E-state index in [0.29, 0.717) is 0 Å². The summed E-state index contributed by atoms with van der Waals surface area (Å²) in [6.45, 7) is 9.86. The van der Waals surface area contributed by atoms with Gasteiger partial charge < -0.3 is 5.32 Å². The van der Waals surface area contributed by atoms with E-state index in [-0.39, 0.29) is 0 Å².